The maximum atomic E-state index is 13.3. The average molecular weight is 448 g/mol. The van der Waals surface area contributed by atoms with Gasteiger partial charge in [0.2, 0.25) is 5.91 Å². The molecular weight excluding hydrogens is 422 g/mol. The number of hydrogen-bond acceptors (Lipinski definition) is 4. The van der Waals surface area contributed by atoms with Crippen molar-refractivity contribution < 1.29 is 19.1 Å². The number of ether oxygens (including phenoxy) is 2. The van der Waals surface area contributed by atoms with Gasteiger partial charge in [0.25, 0.3) is 0 Å². The summed E-state index contributed by atoms with van der Waals surface area (Å²) in [5.74, 6) is -1.35. The molecule has 2 saturated heterocycles. The first-order valence-corrected chi connectivity index (χ1v) is 10.9. The number of carbonyl (C=O) groups is 2. The van der Waals surface area contributed by atoms with E-state index < -0.39 is 17.4 Å². The molecule has 5 atom stereocenters. The number of esters is 1. The number of nitrogens with zero attached hydrogens (tertiary/aromatic N) is 1. The summed E-state index contributed by atoms with van der Waals surface area (Å²) in [4.78, 5) is 27.9. The Hall–Kier alpha value is -1.66. The van der Waals surface area contributed by atoms with Gasteiger partial charge in [-0.1, -0.05) is 60.0 Å². The maximum absolute atomic E-state index is 13.3. The van der Waals surface area contributed by atoms with Crippen LogP contribution >= 0.6 is 15.9 Å². The topological polar surface area (TPSA) is 55.8 Å². The SMILES string of the molecule is CCCCCOC(=O)[C@@H]1[C@H]2C(=O)N([C@H](C)c3ccc(Br)cc3)C[C@]23C=C[C@H]1O3. The summed E-state index contributed by atoms with van der Waals surface area (Å²) < 4.78 is 12.7. The van der Waals surface area contributed by atoms with E-state index in [1.807, 2.05) is 48.2 Å². The number of unbranched alkanes of at least 4 members (excludes halogenated alkanes) is 2. The van der Waals surface area contributed by atoms with Gasteiger partial charge in [0, 0.05) is 4.47 Å². The minimum Gasteiger partial charge on any atom is -0.465 e. The van der Waals surface area contributed by atoms with Crippen LogP contribution in [0.1, 0.15) is 44.7 Å². The van der Waals surface area contributed by atoms with E-state index in [2.05, 4.69) is 22.9 Å². The lowest BCUT2D eigenvalue weighted by Crippen LogP contribution is -2.40. The Morgan fingerprint density at radius 2 is 2.11 bits per heavy atom. The summed E-state index contributed by atoms with van der Waals surface area (Å²) in [5.41, 5.74) is 0.364. The van der Waals surface area contributed by atoms with Crippen LogP contribution in [0, 0.1) is 11.8 Å². The predicted octanol–water partition coefficient (Wildman–Crippen LogP) is 4.03. The molecule has 0 unspecified atom stereocenters. The highest BCUT2D eigenvalue weighted by Gasteiger charge is 2.67. The number of benzene rings is 1. The molecule has 2 bridgehead atoms. The van der Waals surface area contributed by atoms with Crippen LogP contribution in [0.25, 0.3) is 0 Å². The van der Waals surface area contributed by atoms with E-state index in [0.717, 1.165) is 29.3 Å². The molecule has 28 heavy (non-hydrogen) atoms. The molecule has 3 heterocycles. The molecular formula is C22H26BrNO4. The van der Waals surface area contributed by atoms with Crippen molar-refractivity contribution in [1.82, 2.24) is 4.90 Å². The van der Waals surface area contributed by atoms with Crippen molar-refractivity contribution in [3.63, 3.8) is 0 Å². The summed E-state index contributed by atoms with van der Waals surface area (Å²) in [7, 11) is 0. The Morgan fingerprint density at radius 3 is 2.82 bits per heavy atom. The van der Waals surface area contributed by atoms with E-state index in [4.69, 9.17) is 9.47 Å². The molecule has 0 aliphatic carbocycles. The van der Waals surface area contributed by atoms with E-state index in [0.29, 0.717) is 13.2 Å². The van der Waals surface area contributed by atoms with Crippen LogP contribution in [0.15, 0.2) is 40.9 Å². The van der Waals surface area contributed by atoms with Gasteiger partial charge in [-0.25, -0.2) is 0 Å². The van der Waals surface area contributed by atoms with Crippen LogP contribution in [0.4, 0.5) is 0 Å². The quantitative estimate of drug-likeness (QED) is 0.359. The van der Waals surface area contributed by atoms with Gasteiger partial charge in [-0.3, -0.25) is 9.59 Å². The predicted molar refractivity (Wildman–Crippen MR) is 108 cm³/mol. The van der Waals surface area contributed by atoms with Gasteiger partial charge in [0.15, 0.2) is 0 Å². The average Bonchev–Trinajstić information content (AvgIpc) is 3.33. The summed E-state index contributed by atoms with van der Waals surface area (Å²) in [6.45, 7) is 5.01. The number of hydrogen-bond donors (Lipinski definition) is 0. The van der Waals surface area contributed by atoms with Gasteiger partial charge >= 0.3 is 5.97 Å². The van der Waals surface area contributed by atoms with Crippen molar-refractivity contribution in [1.29, 1.82) is 0 Å². The molecule has 5 nitrogen and oxygen atoms in total. The normalized spacial score (nSPS) is 31.3. The van der Waals surface area contributed by atoms with Crippen LogP contribution in [0.5, 0.6) is 0 Å². The highest BCUT2D eigenvalue weighted by Crippen LogP contribution is 2.53. The third-order valence-corrected chi connectivity index (χ3v) is 6.74. The zero-order valence-electron chi connectivity index (χ0n) is 16.3. The first-order valence-electron chi connectivity index (χ1n) is 10.1. The van der Waals surface area contributed by atoms with Gasteiger partial charge in [-0.15, -0.1) is 0 Å². The number of amides is 1. The largest absolute Gasteiger partial charge is 0.465 e. The summed E-state index contributed by atoms with van der Waals surface area (Å²) in [6, 6.07) is 7.90. The molecule has 4 rings (SSSR count). The van der Waals surface area contributed by atoms with Crippen LogP contribution in [0.2, 0.25) is 0 Å². The van der Waals surface area contributed by atoms with Crippen molar-refractivity contribution in [3.8, 4) is 0 Å². The molecule has 1 aromatic carbocycles. The molecule has 0 saturated carbocycles. The van der Waals surface area contributed by atoms with Gasteiger partial charge in [0.1, 0.15) is 11.5 Å². The van der Waals surface area contributed by atoms with Crippen molar-refractivity contribution in [2.75, 3.05) is 13.2 Å². The van der Waals surface area contributed by atoms with Crippen LogP contribution in [-0.2, 0) is 19.1 Å². The van der Waals surface area contributed by atoms with Crippen molar-refractivity contribution in [2.45, 2.75) is 50.9 Å². The van der Waals surface area contributed by atoms with E-state index in [-0.39, 0.29) is 24.0 Å². The maximum Gasteiger partial charge on any atom is 0.312 e. The molecule has 6 heteroatoms. The Morgan fingerprint density at radius 1 is 1.36 bits per heavy atom. The third-order valence-electron chi connectivity index (χ3n) is 6.21. The van der Waals surface area contributed by atoms with E-state index in [1.54, 1.807) is 0 Å². The first kappa shape index (κ1) is 19.6. The fourth-order valence-corrected chi connectivity index (χ4v) is 4.93. The smallest absolute Gasteiger partial charge is 0.312 e. The summed E-state index contributed by atoms with van der Waals surface area (Å²) in [5, 5.41) is 0. The summed E-state index contributed by atoms with van der Waals surface area (Å²) in [6.07, 6.45) is 6.51. The molecule has 3 aliphatic heterocycles. The molecule has 0 radical (unpaired) electrons. The number of likely N-dealkylation sites (tertiary alicyclic amines) is 1. The fraction of sp³-hybridized carbons (Fsp3) is 0.545. The number of carbonyl (C=O) groups excluding carboxylic acids is 2. The van der Waals surface area contributed by atoms with Gasteiger partial charge in [0.05, 0.1) is 31.2 Å². The molecule has 1 amide bonds. The molecule has 0 N–H and O–H groups in total. The van der Waals surface area contributed by atoms with Crippen molar-refractivity contribution in [2.24, 2.45) is 11.8 Å². The second-order valence-corrected chi connectivity index (χ2v) is 8.88. The highest BCUT2D eigenvalue weighted by atomic mass is 79.9. The minimum absolute atomic E-state index is 0.0159. The van der Waals surface area contributed by atoms with E-state index in [9.17, 15) is 9.59 Å². The molecule has 2 fully saturated rings. The monoisotopic (exact) mass is 447 g/mol. The Labute approximate surface area is 174 Å². The second-order valence-electron chi connectivity index (χ2n) is 7.97. The fourth-order valence-electron chi connectivity index (χ4n) is 4.67. The first-order chi connectivity index (χ1) is 13.5. The van der Waals surface area contributed by atoms with Crippen LogP contribution in [-0.4, -0.2) is 41.6 Å². The molecule has 1 aromatic rings. The Bertz CT molecular complexity index is 792. The molecule has 150 valence electrons. The summed E-state index contributed by atoms with van der Waals surface area (Å²) >= 11 is 3.45. The number of rotatable bonds is 7. The van der Waals surface area contributed by atoms with E-state index in [1.165, 1.54) is 0 Å². The van der Waals surface area contributed by atoms with Crippen molar-refractivity contribution in [3.05, 3.63) is 46.5 Å². The highest BCUT2D eigenvalue weighted by molar-refractivity contribution is 9.10. The molecule has 3 aliphatic rings. The molecule has 1 spiro atoms. The Balaban J connectivity index is 1.51. The lowest BCUT2D eigenvalue weighted by atomic mass is 9.77. The zero-order valence-corrected chi connectivity index (χ0v) is 17.9. The van der Waals surface area contributed by atoms with E-state index >= 15 is 0 Å². The third kappa shape index (κ3) is 3.20. The lowest BCUT2D eigenvalue weighted by molar-refractivity contribution is -0.154. The number of fused-ring (bicyclic) bond motifs is 1. The van der Waals surface area contributed by atoms with Gasteiger partial charge in [-0.2, -0.15) is 0 Å². The second kappa shape index (κ2) is 7.64. The standard InChI is InChI=1S/C22H26BrNO4/c1-3-4-5-12-27-21(26)18-17-10-11-22(28-17)13-24(20(25)19(18)22)14(2)15-6-8-16(23)9-7-15/h6-11,14,17-19H,3-5,12-13H2,1-2H3/t14-,17-,18+,19+,22-/m1/s1. The molecule has 0 aromatic heterocycles. The zero-order chi connectivity index (χ0) is 19.9. The van der Waals surface area contributed by atoms with Crippen molar-refractivity contribution >= 4 is 27.8 Å². The lowest BCUT2D eigenvalue weighted by Gasteiger charge is -2.27. The van der Waals surface area contributed by atoms with Gasteiger partial charge in [-0.05, 0) is 31.0 Å². The minimum atomic E-state index is -0.696. The van der Waals surface area contributed by atoms with Crippen LogP contribution < -0.4 is 0 Å². The van der Waals surface area contributed by atoms with Crippen LogP contribution in [0.3, 0.4) is 0 Å². The Kier molecular flexibility index (Phi) is 5.36. The van der Waals surface area contributed by atoms with Gasteiger partial charge < -0.3 is 14.4 Å². The number of halogens is 1.